The lowest BCUT2D eigenvalue weighted by atomic mass is 10.0. The first-order valence-corrected chi connectivity index (χ1v) is 7.54. The third-order valence-corrected chi connectivity index (χ3v) is 4.38. The number of alkyl halides is 1. The number of halogens is 1. The van der Waals surface area contributed by atoms with Crippen LogP contribution >= 0.6 is 15.9 Å². The molecule has 0 spiro atoms. The summed E-state index contributed by atoms with van der Waals surface area (Å²) in [6.07, 6.45) is 0. The molecule has 0 unspecified atom stereocenters. The number of hydrogen-bond acceptors (Lipinski definition) is 8. The lowest BCUT2D eigenvalue weighted by Gasteiger charge is -2.11. The fourth-order valence-electron chi connectivity index (χ4n) is 2.20. The number of rotatable bonds is 6. The van der Waals surface area contributed by atoms with Gasteiger partial charge in [-0.3, -0.25) is 40.5 Å². The van der Waals surface area contributed by atoms with Crippen molar-refractivity contribution in [1.82, 2.24) is 0 Å². The lowest BCUT2D eigenvalue weighted by molar-refractivity contribution is -0.395. The highest BCUT2D eigenvalue weighted by Crippen LogP contribution is 2.42. The minimum absolute atomic E-state index is 0.0717. The van der Waals surface area contributed by atoms with E-state index in [0.29, 0.717) is 0 Å². The van der Waals surface area contributed by atoms with Crippen LogP contribution in [-0.2, 0) is 0 Å². The van der Waals surface area contributed by atoms with Gasteiger partial charge in [0.25, 0.3) is 22.7 Å². The Morgan fingerprint density at radius 2 is 1.00 bits per heavy atom. The Morgan fingerprint density at radius 3 is 1.27 bits per heavy atom. The third kappa shape index (κ3) is 3.61. The smallest absolute Gasteiger partial charge is 0.258 e. The Balaban J connectivity index is 2.64. The van der Waals surface area contributed by atoms with E-state index in [2.05, 4.69) is 15.9 Å². The molecule has 0 bridgehead atoms. The van der Waals surface area contributed by atoms with E-state index >= 15 is 0 Å². The van der Waals surface area contributed by atoms with Crippen molar-refractivity contribution in [3.63, 3.8) is 0 Å². The first kappa shape index (κ1) is 18.9. The van der Waals surface area contributed by atoms with Gasteiger partial charge in [0, 0.05) is 23.3 Å². The number of nitrogens with zero attached hydrogens (tertiary/aromatic N) is 4. The van der Waals surface area contributed by atoms with E-state index in [1.165, 1.54) is 0 Å². The Morgan fingerprint density at radius 1 is 0.654 bits per heavy atom. The van der Waals surface area contributed by atoms with Crippen molar-refractivity contribution >= 4 is 38.7 Å². The summed E-state index contributed by atoms with van der Waals surface area (Å²) < 4.78 is 0. The molecule has 0 aliphatic rings. The van der Waals surface area contributed by atoms with Crippen LogP contribution in [0.5, 0.6) is 0 Å². The summed E-state index contributed by atoms with van der Waals surface area (Å²) in [5.74, 6) is 0. The maximum atomic E-state index is 11.2. The normalized spacial score (nSPS) is 10.5. The van der Waals surface area contributed by atoms with E-state index in [0.717, 1.165) is 36.4 Å². The van der Waals surface area contributed by atoms with Crippen molar-refractivity contribution in [3.8, 4) is 0 Å². The molecule has 0 N–H and O–H groups in total. The van der Waals surface area contributed by atoms with Crippen LogP contribution < -0.4 is 0 Å². The Kier molecular flexibility index (Phi) is 5.21. The maximum Gasteiger partial charge on any atom is 0.280 e. The van der Waals surface area contributed by atoms with Crippen LogP contribution in [0, 0.1) is 40.5 Å². The fourth-order valence-corrected chi connectivity index (χ4v) is 2.98. The van der Waals surface area contributed by atoms with E-state index < -0.39 is 47.3 Å². The van der Waals surface area contributed by atoms with Crippen molar-refractivity contribution in [1.29, 1.82) is 0 Å². The zero-order valence-electron chi connectivity index (χ0n) is 12.5. The highest BCUT2D eigenvalue weighted by atomic mass is 79.9. The molecule has 12 nitrogen and oxygen atoms in total. The summed E-state index contributed by atoms with van der Waals surface area (Å²) in [6.45, 7) is 0. The minimum Gasteiger partial charge on any atom is -0.258 e. The molecule has 0 saturated heterocycles. The monoisotopic (exact) mass is 426 g/mol. The maximum absolute atomic E-state index is 11.2. The topological polar surface area (TPSA) is 173 Å². The molecule has 0 saturated carbocycles. The van der Waals surface area contributed by atoms with Gasteiger partial charge in [-0.2, -0.15) is 0 Å². The minimum atomic E-state index is -1.09. The summed E-state index contributed by atoms with van der Waals surface area (Å²) >= 11 is 3.11. The Labute approximate surface area is 151 Å². The molecule has 0 heterocycles. The van der Waals surface area contributed by atoms with Crippen molar-refractivity contribution < 1.29 is 19.7 Å². The van der Waals surface area contributed by atoms with Crippen molar-refractivity contribution in [2.75, 3.05) is 0 Å². The predicted molar refractivity (Wildman–Crippen MR) is 90.3 cm³/mol. The van der Waals surface area contributed by atoms with Crippen LogP contribution in [0.1, 0.15) is 16.0 Å². The van der Waals surface area contributed by atoms with Gasteiger partial charge in [-0.15, -0.1) is 0 Å². The molecule has 2 aromatic rings. The molecule has 0 amide bonds. The van der Waals surface area contributed by atoms with Crippen LogP contribution in [0.2, 0.25) is 0 Å². The zero-order valence-corrected chi connectivity index (χ0v) is 14.1. The second-order valence-electron chi connectivity index (χ2n) is 4.88. The van der Waals surface area contributed by atoms with Gasteiger partial charge in [0.15, 0.2) is 0 Å². The van der Waals surface area contributed by atoms with Gasteiger partial charge < -0.3 is 0 Å². The summed E-state index contributed by atoms with van der Waals surface area (Å²) in [7, 11) is 0. The van der Waals surface area contributed by atoms with Gasteiger partial charge >= 0.3 is 0 Å². The van der Waals surface area contributed by atoms with Crippen LogP contribution in [0.25, 0.3) is 0 Å². The van der Waals surface area contributed by atoms with Gasteiger partial charge in [-0.25, -0.2) is 0 Å². The van der Waals surface area contributed by atoms with Crippen LogP contribution in [0.4, 0.5) is 22.7 Å². The second kappa shape index (κ2) is 7.18. The Hall–Kier alpha value is -3.48. The molecule has 0 atom stereocenters. The number of benzene rings is 2. The van der Waals surface area contributed by atoms with Crippen LogP contribution in [-0.4, -0.2) is 19.7 Å². The van der Waals surface area contributed by atoms with Gasteiger partial charge in [0.05, 0.1) is 36.7 Å². The number of non-ortho nitro benzene ring substituents is 2. The molecule has 13 heteroatoms. The van der Waals surface area contributed by atoms with Gasteiger partial charge in [-0.1, -0.05) is 15.9 Å². The summed E-state index contributed by atoms with van der Waals surface area (Å²) in [5, 5.41) is 44.0. The number of nitro benzene ring substituents is 4. The fraction of sp³-hybridized carbons (Fsp3) is 0.0769. The number of hydrogen-bond donors (Lipinski definition) is 0. The van der Waals surface area contributed by atoms with E-state index in [-0.39, 0.29) is 11.1 Å². The molecule has 2 rings (SSSR count). The average Bonchev–Trinajstić information content (AvgIpc) is 2.59. The SMILES string of the molecule is O=[N+]([O-])c1ccc(C(Br)c2ccc([N+](=O)[O-])cc2[N+](=O)[O-])c([N+](=O)[O-])c1. The quantitative estimate of drug-likeness (QED) is 0.380. The largest absolute Gasteiger partial charge is 0.280 e. The van der Waals surface area contributed by atoms with E-state index in [9.17, 15) is 40.5 Å². The summed E-state index contributed by atoms with van der Waals surface area (Å²) in [5.41, 5.74) is -2.41. The Bertz CT molecular complexity index is 872. The molecular weight excluding hydrogens is 420 g/mol. The first-order chi connectivity index (χ1) is 12.1. The van der Waals surface area contributed by atoms with Crippen molar-refractivity contribution in [3.05, 3.63) is 88.0 Å². The van der Waals surface area contributed by atoms with Crippen LogP contribution in [0.15, 0.2) is 36.4 Å². The standard InChI is InChI=1S/C13H7BrN4O8/c14-13(9-3-1-7(15(19)20)5-11(9)17(23)24)10-4-2-8(16(21)22)6-12(10)18(25)26/h1-6,13H. The molecular formula is C13H7BrN4O8. The van der Waals surface area contributed by atoms with Gasteiger partial charge in [0.2, 0.25) is 0 Å². The van der Waals surface area contributed by atoms with Crippen LogP contribution in [0.3, 0.4) is 0 Å². The van der Waals surface area contributed by atoms with E-state index in [1.54, 1.807) is 0 Å². The predicted octanol–water partition coefficient (Wildman–Crippen LogP) is 3.80. The van der Waals surface area contributed by atoms with Crippen molar-refractivity contribution in [2.24, 2.45) is 0 Å². The van der Waals surface area contributed by atoms with Gasteiger partial charge in [0.1, 0.15) is 0 Å². The third-order valence-electron chi connectivity index (χ3n) is 3.39. The molecule has 2 aromatic carbocycles. The highest BCUT2D eigenvalue weighted by molar-refractivity contribution is 9.09. The van der Waals surface area contributed by atoms with Crippen molar-refractivity contribution in [2.45, 2.75) is 4.83 Å². The summed E-state index contributed by atoms with van der Waals surface area (Å²) in [6, 6.07) is 5.71. The molecule has 26 heavy (non-hydrogen) atoms. The highest BCUT2D eigenvalue weighted by Gasteiger charge is 2.30. The molecule has 134 valence electrons. The average molecular weight is 427 g/mol. The molecule has 0 aliphatic carbocycles. The molecule has 0 aromatic heterocycles. The molecule has 0 radical (unpaired) electrons. The summed E-state index contributed by atoms with van der Waals surface area (Å²) in [4.78, 5) is 39.6. The van der Waals surface area contributed by atoms with Gasteiger partial charge in [-0.05, 0) is 12.1 Å². The van der Waals surface area contributed by atoms with E-state index in [4.69, 9.17) is 0 Å². The first-order valence-electron chi connectivity index (χ1n) is 6.63. The lowest BCUT2D eigenvalue weighted by Crippen LogP contribution is -2.04. The second-order valence-corrected chi connectivity index (χ2v) is 5.79. The molecule has 0 fully saturated rings. The zero-order chi connectivity index (χ0) is 19.6. The molecule has 0 aliphatic heterocycles. The number of nitro groups is 4. The van der Waals surface area contributed by atoms with E-state index in [1.807, 2.05) is 0 Å².